The fourth-order valence-corrected chi connectivity index (χ4v) is 5.23. The highest BCUT2D eigenvalue weighted by Gasteiger charge is 2.28. The van der Waals surface area contributed by atoms with Crippen LogP contribution in [-0.4, -0.2) is 68.2 Å². The van der Waals surface area contributed by atoms with Crippen molar-refractivity contribution < 1.29 is 18.0 Å². The Hall–Kier alpha value is -2.75. The molecule has 2 aromatic carbocycles. The van der Waals surface area contributed by atoms with Gasteiger partial charge < -0.3 is 10.6 Å². The van der Waals surface area contributed by atoms with Crippen LogP contribution in [-0.2, 0) is 20.6 Å². The van der Waals surface area contributed by atoms with Gasteiger partial charge in [-0.3, -0.25) is 14.5 Å². The van der Waals surface area contributed by atoms with E-state index in [1.54, 1.807) is 36.4 Å². The molecule has 32 heavy (non-hydrogen) atoms. The Bertz CT molecular complexity index is 1060. The van der Waals surface area contributed by atoms with Crippen molar-refractivity contribution in [3.05, 3.63) is 65.7 Å². The van der Waals surface area contributed by atoms with Crippen molar-refractivity contribution >= 4 is 27.5 Å². The Morgan fingerprint density at radius 2 is 1.56 bits per heavy atom. The quantitative estimate of drug-likeness (QED) is 0.630. The molecule has 1 aliphatic carbocycles. The lowest BCUT2D eigenvalue weighted by atomic mass is 10.1. The Morgan fingerprint density at radius 1 is 0.906 bits per heavy atom. The number of carbonyl (C=O) groups excluding carboxylic acids is 2. The van der Waals surface area contributed by atoms with Crippen molar-refractivity contribution in [2.45, 2.75) is 24.6 Å². The minimum atomic E-state index is -3.40. The standard InChI is InChI=1S/C23H28N4O4S/c28-22(25-21-9-5-4-8-20(21)23(29)24-19-10-11-19)16-26-12-14-27(15-13-26)32(30,31)17-18-6-2-1-3-7-18/h1-9,19H,10-17H2,(H,24,29)(H,25,28). The van der Waals surface area contributed by atoms with E-state index in [1.165, 1.54) is 4.31 Å². The molecule has 0 atom stereocenters. The van der Waals surface area contributed by atoms with E-state index in [0.29, 0.717) is 37.4 Å². The molecular weight excluding hydrogens is 428 g/mol. The fourth-order valence-electron chi connectivity index (χ4n) is 3.72. The Morgan fingerprint density at radius 3 is 2.25 bits per heavy atom. The molecule has 2 fully saturated rings. The first-order chi connectivity index (χ1) is 15.4. The molecule has 2 amide bonds. The van der Waals surface area contributed by atoms with Crippen LogP contribution in [0.4, 0.5) is 5.69 Å². The molecule has 8 nitrogen and oxygen atoms in total. The van der Waals surface area contributed by atoms with E-state index in [9.17, 15) is 18.0 Å². The number of nitrogens with zero attached hydrogens (tertiary/aromatic N) is 2. The second-order valence-electron chi connectivity index (χ2n) is 8.26. The van der Waals surface area contributed by atoms with Crippen LogP contribution in [0.25, 0.3) is 0 Å². The number of amides is 2. The van der Waals surface area contributed by atoms with E-state index < -0.39 is 10.0 Å². The van der Waals surface area contributed by atoms with E-state index in [2.05, 4.69) is 10.6 Å². The van der Waals surface area contributed by atoms with Crippen molar-refractivity contribution in [1.29, 1.82) is 0 Å². The number of benzene rings is 2. The predicted molar refractivity (Wildman–Crippen MR) is 123 cm³/mol. The van der Waals surface area contributed by atoms with Crippen LogP contribution in [0.5, 0.6) is 0 Å². The Labute approximate surface area is 188 Å². The summed E-state index contributed by atoms with van der Waals surface area (Å²) in [5, 5.41) is 5.77. The van der Waals surface area contributed by atoms with Crippen molar-refractivity contribution in [2.24, 2.45) is 0 Å². The predicted octanol–water partition coefficient (Wildman–Crippen LogP) is 1.66. The monoisotopic (exact) mass is 456 g/mol. The molecule has 1 saturated heterocycles. The van der Waals surface area contributed by atoms with Gasteiger partial charge in [0.1, 0.15) is 0 Å². The molecule has 0 unspecified atom stereocenters. The zero-order valence-electron chi connectivity index (χ0n) is 17.9. The molecule has 2 aliphatic rings. The van der Waals surface area contributed by atoms with Crippen LogP contribution in [0.2, 0.25) is 0 Å². The molecule has 2 N–H and O–H groups in total. The number of para-hydroxylation sites is 1. The normalized spacial score (nSPS) is 17.6. The number of carbonyl (C=O) groups is 2. The second-order valence-corrected chi connectivity index (χ2v) is 10.2. The van der Waals surface area contributed by atoms with Crippen molar-refractivity contribution in [3.8, 4) is 0 Å². The number of anilines is 1. The lowest BCUT2D eigenvalue weighted by Gasteiger charge is -2.33. The second kappa shape index (κ2) is 9.81. The summed E-state index contributed by atoms with van der Waals surface area (Å²) in [5.41, 5.74) is 1.70. The number of hydrogen-bond donors (Lipinski definition) is 2. The van der Waals surface area contributed by atoms with Gasteiger partial charge in [-0.25, -0.2) is 8.42 Å². The molecule has 170 valence electrons. The van der Waals surface area contributed by atoms with Gasteiger partial charge in [0.05, 0.1) is 23.5 Å². The zero-order valence-corrected chi connectivity index (χ0v) is 18.7. The third-order valence-corrected chi connectivity index (χ3v) is 7.49. The average molecular weight is 457 g/mol. The molecule has 1 saturated carbocycles. The first-order valence-corrected chi connectivity index (χ1v) is 12.5. The van der Waals surface area contributed by atoms with Crippen LogP contribution in [0.3, 0.4) is 0 Å². The summed E-state index contributed by atoms with van der Waals surface area (Å²) in [6.45, 7) is 1.80. The van der Waals surface area contributed by atoms with E-state index >= 15 is 0 Å². The molecule has 2 aromatic rings. The summed E-state index contributed by atoms with van der Waals surface area (Å²) in [5.74, 6) is -0.425. The summed E-state index contributed by atoms with van der Waals surface area (Å²) in [6, 6.07) is 16.3. The van der Waals surface area contributed by atoms with E-state index in [1.807, 2.05) is 23.1 Å². The third kappa shape index (κ3) is 5.93. The van der Waals surface area contributed by atoms with Crippen LogP contribution in [0.1, 0.15) is 28.8 Å². The molecule has 1 heterocycles. The highest BCUT2D eigenvalue weighted by molar-refractivity contribution is 7.88. The first kappa shape index (κ1) is 22.4. The summed E-state index contributed by atoms with van der Waals surface area (Å²) < 4.78 is 26.9. The number of nitrogens with one attached hydrogen (secondary N) is 2. The lowest BCUT2D eigenvalue weighted by molar-refractivity contribution is -0.117. The van der Waals surface area contributed by atoms with Gasteiger partial charge in [0, 0.05) is 32.2 Å². The largest absolute Gasteiger partial charge is 0.349 e. The maximum absolute atomic E-state index is 12.7. The van der Waals surface area contributed by atoms with Crippen LogP contribution < -0.4 is 10.6 Å². The Balaban J connectivity index is 1.28. The lowest BCUT2D eigenvalue weighted by Crippen LogP contribution is -2.50. The van der Waals surface area contributed by atoms with Gasteiger partial charge in [0.25, 0.3) is 5.91 Å². The van der Waals surface area contributed by atoms with E-state index in [-0.39, 0.29) is 30.2 Å². The van der Waals surface area contributed by atoms with Gasteiger partial charge in [-0.15, -0.1) is 0 Å². The minimum Gasteiger partial charge on any atom is -0.349 e. The topological polar surface area (TPSA) is 98.8 Å². The fraction of sp³-hybridized carbons (Fsp3) is 0.391. The van der Waals surface area contributed by atoms with Gasteiger partial charge in [0.2, 0.25) is 15.9 Å². The number of rotatable bonds is 8. The number of sulfonamides is 1. The van der Waals surface area contributed by atoms with Crippen LogP contribution in [0.15, 0.2) is 54.6 Å². The van der Waals surface area contributed by atoms with Crippen LogP contribution >= 0.6 is 0 Å². The highest BCUT2D eigenvalue weighted by atomic mass is 32.2. The highest BCUT2D eigenvalue weighted by Crippen LogP contribution is 2.21. The summed E-state index contributed by atoms with van der Waals surface area (Å²) in [6.07, 6.45) is 1.99. The summed E-state index contributed by atoms with van der Waals surface area (Å²) in [7, 11) is -3.40. The van der Waals surface area contributed by atoms with Crippen molar-refractivity contribution in [2.75, 3.05) is 38.0 Å². The van der Waals surface area contributed by atoms with E-state index in [4.69, 9.17) is 0 Å². The maximum atomic E-state index is 12.7. The van der Waals surface area contributed by atoms with Crippen molar-refractivity contribution in [3.63, 3.8) is 0 Å². The number of hydrogen-bond acceptors (Lipinski definition) is 5. The van der Waals surface area contributed by atoms with Gasteiger partial charge >= 0.3 is 0 Å². The van der Waals surface area contributed by atoms with Gasteiger partial charge in [-0.1, -0.05) is 42.5 Å². The van der Waals surface area contributed by atoms with Gasteiger partial charge in [-0.2, -0.15) is 4.31 Å². The molecule has 4 rings (SSSR count). The molecular formula is C23H28N4O4S. The molecule has 9 heteroatoms. The number of piperazine rings is 1. The molecule has 0 radical (unpaired) electrons. The average Bonchev–Trinajstić information content (AvgIpc) is 3.59. The third-order valence-electron chi connectivity index (χ3n) is 5.64. The van der Waals surface area contributed by atoms with E-state index in [0.717, 1.165) is 18.4 Å². The molecule has 0 spiro atoms. The molecule has 1 aliphatic heterocycles. The first-order valence-electron chi connectivity index (χ1n) is 10.8. The van der Waals surface area contributed by atoms with Gasteiger partial charge in [-0.05, 0) is 30.5 Å². The van der Waals surface area contributed by atoms with Crippen molar-refractivity contribution in [1.82, 2.24) is 14.5 Å². The molecule has 0 bridgehead atoms. The zero-order chi connectivity index (χ0) is 22.6. The minimum absolute atomic E-state index is 0.0198. The molecule has 0 aromatic heterocycles. The maximum Gasteiger partial charge on any atom is 0.253 e. The Kier molecular flexibility index (Phi) is 6.88. The van der Waals surface area contributed by atoms with Gasteiger partial charge in [0.15, 0.2) is 0 Å². The van der Waals surface area contributed by atoms with Crippen LogP contribution in [0, 0.1) is 0 Å². The smallest absolute Gasteiger partial charge is 0.253 e. The summed E-state index contributed by atoms with van der Waals surface area (Å²) >= 11 is 0. The SMILES string of the molecule is O=C(CN1CCN(S(=O)(=O)Cc2ccccc2)CC1)Nc1ccccc1C(=O)NC1CC1. The summed E-state index contributed by atoms with van der Waals surface area (Å²) in [4.78, 5) is 26.9.